The molecule has 1 aromatic carbocycles. The summed E-state index contributed by atoms with van der Waals surface area (Å²) < 4.78 is 5.78. The first-order valence-corrected chi connectivity index (χ1v) is 7.81. The lowest BCUT2D eigenvalue weighted by Crippen LogP contribution is -2.48. The molecule has 1 unspecified atom stereocenters. The summed E-state index contributed by atoms with van der Waals surface area (Å²) >= 11 is 2.24. The number of ether oxygens (including phenoxy) is 1. The minimum absolute atomic E-state index is 0.131. The Morgan fingerprint density at radius 1 is 1.35 bits per heavy atom. The van der Waals surface area contributed by atoms with E-state index in [1.54, 1.807) is 0 Å². The minimum Gasteiger partial charge on any atom is -0.465 e. The maximum Gasteiger partial charge on any atom is 0.407 e. The lowest BCUT2D eigenvalue weighted by Gasteiger charge is -2.34. The van der Waals surface area contributed by atoms with Crippen LogP contribution in [-0.2, 0) is 11.3 Å². The molecule has 4 nitrogen and oxygen atoms in total. The van der Waals surface area contributed by atoms with Gasteiger partial charge >= 0.3 is 6.09 Å². The van der Waals surface area contributed by atoms with Gasteiger partial charge in [0.1, 0.15) is 0 Å². The predicted octanol–water partition coefficient (Wildman–Crippen LogP) is 3.79. The van der Waals surface area contributed by atoms with Crippen molar-refractivity contribution < 1.29 is 14.6 Å². The number of nitrogens with zero attached hydrogens (tertiary/aromatic N) is 1. The Morgan fingerprint density at radius 2 is 1.95 bits per heavy atom. The summed E-state index contributed by atoms with van der Waals surface area (Å²) in [6.07, 6.45) is -0.887. The number of amides is 1. The van der Waals surface area contributed by atoms with Crippen molar-refractivity contribution >= 4 is 28.7 Å². The molecular formula is C15H22INO3. The van der Waals surface area contributed by atoms with Crippen LogP contribution in [0.1, 0.15) is 26.3 Å². The van der Waals surface area contributed by atoms with Crippen molar-refractivity contribution in [3.05, 3.63) is 35.9 Å². The molecular weight excluding hydrogens is 369 g/mol. The molecule has 1 rings (SSSR count). The quantitative estimate of drug-likeness (QED) is 0.593. The smallest absolute Gasteiger partial charge is 0.407 e. The molecule has 0 aliphatic rings. The highest BCUT2D eigenvalue weighted by Gasteiger charge is 2.27. The fourth-order valence-electron chi connectivity index (χ4n) is 1.77. The molecule has 0 spiro atoms. The summed E-state index contributed by atoms with van der Waals surface area (Å²) in [5, 5.41) is 9.24. The lowest BCUT2D eigenvalue weighted by molar-refractivity contribution is 0.0834. The third-order valence-electron chi connectivity index (χ3n) is 2.83. The summed E-state index contributed by atoms with van der Waals surface area (Å²) in [6, 6.07) is 9.96. The van der Waals surface area contributed by atoms with Crippen molar-refractivity contribution in [1.29, 1.82) is 0 Å². The average Bonchev–Trinajstić information content (AvgIpc) is 2.35. The van der Waals surface area contributed by atoms with Crippen molar-refractivity contribution in [2.24, 2.45) is 0 Å². The van der Waals surface area contributed by atoms with E-state index in [0.717, 1.165) is 5.56 Å². The van der Waals surface area contributed by atoms with Crippen molar-refractivity contribution in [2.75, 3.05) is 13.2 Å². The SMILES string of the molecule is CC(C)(C)N(CC(I)COCc1ccccc1)C(=O)O. The molecule has 1 N–H and O–H groups in total. The van der Waals surface area contributed by atoms with Crippen LogP contribution in [0.5, 0.6) is 0 Å². The number of halogens is 1. The van der Waals surface area contributed by atoms with Gasteiger partial charge in [-0.25, -0.2) is 4.79 Å². The molecule has 0 aliphatic heterocycles. The first-order valence-electron chi connectivity index (χ1n) is 6.57. The topological polar surface area (TPSA) is 49.8 Å². The highest BCUT2D eigenvalue weighted by atomic mass is 127. The Labute approximate surface area is 134 Å². The second kappa shape index (κ2) is 7.83. The Hall–Kier alpha value is -0.820. The van der Waals surface area contributed by atoms with Crippen LogP contribution in [0.25, 0.3) is 0 Å². The van der Waals surface area contributed by atoms with Gasteiger partial charge in [0, 0.05) is 12.1 Å². The summed E-state index contributed by atoms with van der Waals surface area (Å²) in [6.45, 7) is 7.26. The Bertz CT molecular complexity index is 417. The Morgan fingerprint density at radius 3 is 2.45 bits per heavy atom. The first kappa shape index (κ1) is 17.2. The van der Waals surface area contributed by atoms with E-state index in [1.165, 1.54) is 4.90 Å². The zero-order valence-corrected chi connectivity index (χ0v) is 14.3. The van der Waals surface area contributed by atoms with Crippen LogP contribution in [0.15, 0.2) is 30.3 Å². The number of alkyl halides is 1. The van der Waals surface area contributed by atoms with E-state index in [9.17, 15) is 9.90 Å². The largest absolute Gasteiger partial charge is 0.465 e. The first-order chi connectivity index (χ1) is 9.30. The van der Waals surface area contributed by atoms with Crippen LogP contribution in [-0.4, -0.2) is 38.7 Å². The molecule has 1 atom stereocenters. The molecule has 1 aromatic rings. The summed E-state index contributed by atoms with van der Waals surface area (Å²) in [5.74, 6) is 0. The molecule has 0 aromatic heterocycles. The van der Waals surface area contributed by atoms with Gasteiger partial charge in [-0.05, 0) is 26.3 Å². The zero-order valence-electron chi connectivity index (χ0n) is 12.2. The Balaban J connectivity index is 2.39. The van der Waals surface area contributed by atoms with Crippen LogP contribution in [0, 0.1) is 0 Å². The molecule has 0 saturated carbocycles. The summed E-state index contributed by atoms with van der Waals surface area (Å²) in [7, 11) is 0. The second-order valence-electron chi connectivity index (χ2n) is 5.66. The Kier molecular flexibility index (Phi) is 6.75. The molecule has 0 heterocycles. The molecule has 0 bridgehead atoms. The van der Waals surface area contributed by atoms with E-state index in [0.29, 0.717) is 19.8 Å². The summed E-state index contributed by atoms with van der Waals surface area (Å²) in [4.78, 5) is 12.7. The third kappa shape index (κ3) is 6.09. The second-order valence-corrected chi connectivity index (χ2v) is 7.42. The monoisotopic (exact) mass is 391 g/mol. The molecule has 0 fully saturated rings. The van der Waals surface area contributed by atoms with E-state index < -0.39 is 11.6 Å². The van der Waals surface area contributed by atoms with Crippen molar-refractivity contribution in [3.63, 3.8) is 0 Å². The standard InChI is InChI=1S/C15H22INO3/c1-15(2,3)17(14(18)19)9-13(16)11-20-10-12-7-5-4-6-8-12/h4-8,13H,9-11H2,1-3H3,(H,18,19). The van der Waals surface area contributed by atoms with E-state index in [2.05, 4.69) is 22.6 Å². The average molecular weight is 391 g/mol. The number of hydrogen-bond acceptors (Lipinski definition) is 2. The molecule has 5 heteroatoms. The van der Waals surface area contributed by atoms with Gasteiger partial charge in [0.05, 0.1) is 17.1 Å². The van der Waals surface area contributed by atoms with Crippen molar-refractivity contribution in [1.82, 2.24) is 4.90 Å². The van der Waals surface area contributed by atoms with Crippen LogP contribution >= 0.6 is 22.6 Å². The predicted molar refractivity (Wildman–Crippen MR) is 88.4 cm³/mol. The molecule has 112 valence electrons. The maximum atomic E-state index is 11.3. The van der Waals surface area contributed by atoms with Crippen LogP contribution in [0.2, 0.25) is 0 Å². The number of benzene rings is 1. The number of carbonyl (C=O) groups is 1. The number of carboxylic acid groups (broad SMARTS) is 1. The van der Waals surface area contributed by atoms with Gasteiger partial charge in [-0.3, -0.25) is 0 Å². The minimum atomic E-state index is -0.887. The molecule has 1 amide bonds. The molecule has 0 saturated heterocycles. The van der Waals surface area contributed by atoms with E-state index in [-0.39, 0.29) is 3.92 Å². The van der Waals surface area contributed by atoms with Gasteiger partial charge in [0.15, 0.2) is 0 Å². The fourth-order valence-corrected chi connectivity index (χ4v) is 2.42. The van der Waals surface area contributed by atoms with E-state index in [1.807, 2.05) is 51.1 Å². The van der Waals surface area contributed by atoms with Crippen LogP contribution in [0.3, 0.4) is 0 Å². The number of hydrogen-bond donors (Lipinski definition) is 1. The van der Waals surface area contributed by atoms with Gasteiger partial charge in [-0.1, -0.05) is 52.9 Å². The number of rotatable bonds is 6. The van der Waals surface area contributed by atoms with Crippen LogP contribution in [0.4, 0.5) is 4.79 Å². The fraction of sp³-hybridized carbons (Fsp3) is 0.533. The third-order valence-corrected chi connectivity index (χ3v) is 3.59. The highest BCUT2D eigenvalue weighted by Crippen LogP contribution is 2.17. The van der Waals surface area contributed by atoms with E-state index >= 15 is 0 Å². The molecule has 0 aliphatic carbocycles. The highest BCUT2D eigenvalue weighted by molar-refractivity contribution is 14.1. The van der Waals surface area contributed by atoms with Crippen molar-refractivity contribution in [2.45, 2.75) is 36.8 Å². The molecule has 20 heavy (non-hydrogen) atoms. The normalized spacial score (nSPS) is 13.0. The zero-order chi connectivity index (χ0) is 15.2. The summed E-state index contributed by atoms with van der Waals surface area (Å²) in [5.41, 5.74) is 0.733. The van der Waals surface area contributed by atoms with Gasteiger partial charge in [0.25, 0.3) is 0 Å². The van der Waals surface area contributed by atoms with Crippen molar-refractivity contribution in [3.8, 4) is 0 Å². The van der Waals surface area contributed by atoms with Gasteiger partial charge in [-0.2, -0.15) is 0 Å². The van der Waals surface area contributed by atoms with Gasteiger partial charge in [-0.15, -0.1) is 0 Å². The van der Waals surface area contributed by atoms with E-state index in [4.69, 9.17) is 4.74 Å². The maximum absolute atomic E-state index is 11.3. The molecule has 0 radical (unpaired) electrons. The van der Waals surface area contributed by atoms with Crippen LogP contribution < -0.4 is 0 Å². The van der Waals surface area contributed by atoms with Gasteiger partial charge in [0.2, 0.25) is 0 Å². The lowest BCUT2D eigenvalue weighted by atomic mass is 10.1. The van der Waals surface area contributed by atoms with Gasteiger partial charge < -0.3 is 14.7 Å².